The molecule has 0 amide bonds. The highest BCUT2D eigenvalue weighted by Gasteiger charge is 2.09. The van der Waals surface area contributed by atoms with E-state index in [2.05, 4.69) is 31.3 Å². The van der Waals surface area contributed by atoms with Crippen molar-refractivity contribution in [2.45, 2.75) is 27.2 Å². The first-order valence-electron chi connectivity index (χ1n) is 5.37. The van der Waals surface area contributed by atoms with Crippen molar-refractivity contribution >= 4 is 5.69 Å². The summed E-state index contributed by atoms with van der Waals surface area (Å²) >= 11 is 0. The standard InChI is InChI=1S/C13H18N2O/c1-9-8-12(15-7-5-6-14)10(2)11(3)13(9)16-4/h8,15H,5,7H2,1-4H3. The maximum absolute atomic E-state index is 8.49. The van der Waals surface area contributed by atoms with E-state index in [1.54, 1.807) is 7.11 Å². The molecule has 3 heteroatoms. The largest absolute Gasteiger partial charge is 0.496 e. The zero-order valence-corrected chi connectivity index (χ0v) is 10.3. The van der Waals surface area contributed by atoms with Gasteiger partial charge in [-0.3, -0.25) is 0 Å². The monoisotopic (exact) mass is 218 g/mol. The van der Waals surface area contributed by atoms with Crippen LogP contribution in [0.1, 0.15) is 23.1 Å². The van der Waals surface area contributed by atoms with E-state index in [1.807, 2.05) is 6.92 Å². The van der Waals surface area contributed by atoms with Crippen LogP contribution in [0.5, 0.6) is 5.75 Å². The van der Waals surface area contributed by atoms with E-state index in [1.165, 1.54) is 5.56 Å². The summed E-state index contributed by atoms with van der Waals surface area (Å²) in [5.74, 6) is 0.948. The van der Waals surface area contributed by atoms with Gasteiger partial charge in [-0.05, 0) is 43.5 Å². The van der Waals surface area contributed by atoms with Crippen LogP contribution in [0.2, 0.25) is 0 Å². The fourth-order valence-electron chi connectivity index (χ4n) is 1.81. The molecule has 0 atom stereocenters. The summed E-state index contributed by atoms with van der Waals surface area (Å²) in [5.41, 5.74) is 4.54. The Bertz CT molecular complexity index is 419. The second-order valence-electron chi connectivity index (χ2n) is 3.86. The van der Waals surface area contributed by atoms with Crippen molar-refractivity contribution in [1.29, 1.82) is 5.26 Å². The number of nitriles is 1. The van der Waals surface area contributed by atoms with Gasteiger partial charge >= 0.3 is 0 Å². The van der Waals surface area contributed by atoms with Gasteiger partial charge < -0.3 is 10.1 Å². The summed E-state index contributed by atoms with van der Waals surface area (Å²) in [5, 5.41) is 11.8. The number of benzene rings is 1. The normalized spacial score (nSPS) is 9.69. The Morgan fingerprint density at radius 3 is 2.56 bits per heavy atom. The molecule has 0 bridgehead atoms. The minimum absolute atomic E-state index is 0.517. The van der Waals surface area contributed by atoms with Gasteiger partial charge in [-0.25, -0.2) is 0 Å². The maximum Gasteiger partial charge on any atom is 0.125 e. The minimum Gasteiger partial charge on any atom is -0.496 e. The van der Waals surface area contributed by atoms with Crippen LogP contribution in [0.25, 0.3) is 0 Å². The molecule has 1 aromatic carbocycles. The molecule has 1 rings (SSSR count). The minimum atomic E-state index is 0.517. The van der Waals surface area contributed by atoms with Crippen LogP contribution >= 0.6 is 0 Å². The lowest BCUT2D eigenvalue weighted by Gasteiger charge is -2.16. The van der Waals surface area contributed by atoms with Crippen molar-refractivity contribution in [1.82, 2.24) is 0 Å². The number of ether oxygens (including phenoxy) is 1. The average Bonchev–Trinajstić information content (AvgIpc) is 2.26. The molecule has 0 saturated heterocycles. The van der Waals surface area contributed by atoms with Gasteiger partial charge in [0.05, 0.1) is 19.6 Å². The molecule has 0 aliphatic rings. The number of aryl methyl sites for hydroxylation is 1. The van der Waals surface area contributed by atoms with Gasteiger partial charge in [0.25, 0.3) is 0 Å². The van der Waals surface area contributed by atoms with Gasteiger partial charge in [-0.2, -0.15) is 5.26 Å². The van der Waals surface area contributed by atoms with Crippen molar-refractivity contribution < 1.29 is 4.74 Å². The van der Waals surface area contributed by atoms with Gasteiger partial charge in [-0.15, -0.1) is 0 Å². The molecular formula is C13H18N2O. The summed E-state index contributed by atoms with van der Waals surface area (Å²) < 4.78 is 5.36. The van der Waals surface area contributed by atoms with Gasteiger partial charge in [0, 0.05) is 12.2 Å². The summed E-state index contributed by atoms with van der Waals surface area (Å²) in [7, 11) is 1.69. The predicted octanol–water partition coefficient (Wildman–Crippen LogP) is 2.95. The molecule has 16 heavy (non-hydrogen) atoms. The molecule has 0 aliphatic carbocycles. The third-order valence-corrected chi connectivity index (χ3v) is 2.78. The number of methoxy groups -OCH3 is 1. The highest BCUT2D eigenvalue weighted by Crippen LogP contribution is 2.31. The summed E-state index contributed by atoms with van der Waals surface area (Å²) in [4.78, 5) is 0. The fraction of sp³-hybridized carbons (Fsp3) is 0.462. The second kappa shape index (κ2) is 5.41. The van der Waals surface area contributed by atoms with E-state index >= 15 is 0 Å². The lowest BCUT2D eigenvalue weighted by Crippen LogP contribution is -2.04. The SMILES string of the molecule is COc1c(C)cc(NCCC#N)c(C)c1C. The molecule has 0 spiro atoms. The Hall–Kier alpha value is -1.69. The quantitative estimate of drug-likeness (QED) is 0.790. The molecule has 0 unspecified atom stereocenters. The van der Waals surface area contributed by atoms with E-state index in [0.717, 1.165) is 22.6 Å². The lowest BCUT2D eigenvalue weighted by molar-refractivity contribution is 0.408. The van der Waals surface area contributed by atoms with Crippen molar-refractivity contribution in [3.8, 4) is 11.8 Å². The zero-order chi connectivity index (χ0) is 12.1. The highest BCUT2D eigenvalue weighted by molar-refractivity contribution is 5.61. The van der Waals surface area contributed by atoms with Crippen molar-refractivity contribution in [2.75, 3.05) is 19.0 Å². The Balaban J connectivity index is 3.00. The van der Waals surface area contributed by atoms with Crippen LogP contribution in [0, 0.1) is 32.1 Å². The number of hydrogen-bond acceptors (Lipinski definition) is 3. The van der Waals surface area contributed by atoms with E-state index in [0.29, 0.717) is 13.0 Å². The summed E-state index contributed by atoms with van der Waals surface area (Å²) in [6.07, 6.45) is 0.517. The molecule has 0 radical (unpaired) electrons. The first-order valence-corrected chi connectivity index (χ1v) is 5.37. The van der Waals surface area contributed by atoms with Crippen LogP contribution in [0.3, 0.4) is 0 Å². The van der Waals surface area contributed by atoms with E-state index in [4.69, 9.17) is 10.00 Å². The van der Waals surface area contributed by atoms with Crippen LogP contribution < -0.4 is 10.1 Å². The molecule has 86 valence electrons. The molecule has 1 aromatic rings. The Kier molecular flexibility index (Phi) is 4.19. The van der Waals surface area contributed by atoms with Crippen LogP contribution in [0.4, 0.5) is 5.69 Å². The van der Waals surface area contributed by atoms with E-state index in [-0.39, 0.29) is 0 Å². The average molecular weight is 218 g/mol. The predicted molar refractivity (Wildman–Crippen MR) is 65.9 cm³/mol. The molecule has 0 fully saturated rings. The number of nitrogens with zero attached hydrogens (tertiary/aromatic N) is 1. The smallest absolute Gasteiger partial charge is 0.125 e. The van der Waals surface area contributed by atoms with Crippen LogP contribution in [-0.2, 0) is 0 Å². The van der Waals surface area contributed by atoms with Crippen LogP contribution in [-0.4, -0.2) is 13.7 Å². The molecular weight excluding hydrogens is 200 g/mol. The Labute approximate surface area is 97.0 Å². The lowest BCUT2D eigenvalue weighted by atomic mass is 10.0. The van der Waals surface area contributed by atoms with Crippen LogP contribution in [0.15, 0.2) is 6.07 Å². The molecule has 0 aliphatic heterocycles. The summed E-state index contributed by atoms with van der Waals surface area (Å²) in [6.45, 7) is 6.83. The van der Waals surface area contributed by atoms with Gasteiger partial charge in [0.15, 0.2) is 0 Å². The van der Waals surface area contributed by atoms with E-state index in [9.17, 15) is 0 Å². The molecule has 0 aromatic heterocycles. The second-order valence-corrected chi connectivity index (χ2v) is 3.86. The van der Waals surface area contributed by atoms with Crippen molar-refractivity contribution in [2.24, 2.45) is 0 Å². The van der Waals surface area contributed by atoms with Gasteiger partial charge in [0.2, 0.25) is 0 Å². The molecule has 0 saturated carbocycles. The number of anilines is 1. The molecule has 1 N–H and O–H groups in total. The Morgan fingerprint density at radius 2 is 2.00 bits per heavy atom. The van der Waals surface area contributed by atoms with Gasteiger partial charge in [0.1, 0.15) is 5.75 Å². The number of rotatable bonds is 4. The fourth-order valence-corrected chi connectivity index (χ4v) is 1.81. The van der Waals surface area contributed by atoms with E-state index < -0.39 is 0 Å². The highest BCUT2D eigenvalue weighted by atomic mass is 16.5. The number of nitrogens with one attached hydrogen (secondary N) is 1. The number of hydrogen-bond donors (Lipinski definition) is 1. The maximum atomic E-state index is 8.49. The third-order valence-electron chi connectivity index (χ3n) is 2.78. The Morgan fingerprint density at radius 1 is 1.31 bits per heavy atom. The first-order chi connectivity index (χ1) is 7.61. The molecule has 3 nitrogen and oxygen atoms in total. The first kappa shape index (κ1) is 12.4. The van der Waals surface area contributed by atoms with Crippen molar-refractivity contribution in [3.63, 3.8) is 0 Å². The third kappa shape index (κ3) is 2.46. The topological polar surface area (TPSA) is 45.0 Å². The van der Waals surface area contributed by atoms with Gasteiger partial charge in [-0.1, -0.05) is 0 Å². The summed E-state index contributed by atoms with van der Waals surface area (Å²) in [6, 6.07) is 4.19. The van der Waals surface area contributed by atoms with Crippen molar-refractivity contribution in [3.05, 3.63) is 22.8 Å². The zero-order valence-electron chi connectivity index (χ0n) is 10.3. The molecule has 0 heterocycles.